The van der Waals surface area contributed by atoms with E-state index in [0.29, 0.717) is 79.5 Å². The molecule has 6 aromatic rings. The second-order valence-electron chi connectivity index (χ2n) is 11.0. The quantitative estimate of drug-likeness (QED) is 0.0923. The van der Waals surface area contributed by atoms with Gasteiger partial charge in [0.15, 0.2) is 28.8 Å². The van der Waals surface area contributed by atoms with Gasteiger partial charge in [0, 0.05) is 49.2 Å². The van der Waals surface area contributed by atoms with Crippen LogP contribution in [0.15, 0.2) is 109 Å². The number of carbonyl (C=O) groups is 2. The molecule has 0 radical (unpaired) electrons. The number of hydrogen-bond acceptors (Lipinski definition) is 7. The first-order valence-electron chi connectivity index (χ1n) is 15.6. The number of Topliss-reactive ketones (excluding diaryl/α,β-unsaturated/α-hetero) is 1. The molecule has 0 aliphatic heterocycles. The summed E-state index contributed by atoms with van der Waals surface area (Å²) in [7, 11) is 0. The van der Waals surface area contributed by atoms with Crippen LogP contribution in [0.1, 0.15) is 24.2 Å². The van der Waals surface area contributed by atoms with E-state index in [-0.39, 0.29) is 23.0 Å². The van der Waals surface area contributed by atoms with Crippen LogP contribution in [-0.2, 0) is 4.79 Å². The van der Waals surface area contributed by atoms with Gasteiger partial charge in [-0.15, -0.1) is 0 Å². The molecular weight excluding hydrogens is 912 g/mol. The largest absolute Gasteiger partial charge is 0.504 e. The Kier molecular flexibility index (Phi) is 17.0. The van der Waals surface area contributed by atoms with Gasteiger partial charge in [0.2, 0.25) is 0 Å². The summed E-state index contributed by atoms with van der Waals surface area (Å²) in [6.45, 7) is 2.74. The highest BCUT2D eigenvalue weighted by Crippen LogP contribution is 2.39. The molecule has 0 atom stereocenters. The van der Waals surface area contributed by atoms with Gasteiger partial charge in [0.25, 0.3) is 0 Å². The first kappa shape index (κ1) is 45.0. The van der Waals surface area contributed by atoms with Crippen molar-refractivity contribution in [1.82, 2.24) is 0 Å². The first-order chi connectivity index (χ1) is 26.5. The number of esters is 1. The highest BCUT2D eigenvalue weighted by Gasteiger charge is 2.14. The fourth-order valence-corrected chi connectivity index (χ4v) is 6.12. The number of benzene rings is 6. The van der Waals surface area contributed by atoms with Crippen molar-refractivity contribution >= 4 is 116 Å². The molecule has 6 aromatic carbocycles. The molecule has 0 heterocycles. The van der Waals surface area contributed by atoms with E-state index in [1.54, 1.807) is 97.1 Å². The summed E-state index contributed by atoms with van der Waals surface area (Å²) in [5, 5.41) is 13.6. The van der Waals surface area contributed by atoms with Gasteiger partial charge < -0.3 is 24.1 Å². The summed E-state index contributed by atoms with van der Waals surface area (Å²) < 4.78 is 21.8. The predicted molar refractivity (Wildman–Crippen MR) is 227 cm³/mol. The summed E-state index contributed by atoms with van der Waals surface area (Å²) in [5.41, 5.74) is 0.401. The second-order valence-corrected chi connectivity index (χ2v) is 14.9. The molecule has 16 heteroatoms. The van der Waals surface area contributed by atoms with Crippen LogP contribution in [0.4, 0.5) is 0 Å². The van der Waals surface area contributed by atoms with Gasteiger partial charge in [-0.2, -0.15) is 0 Å². The zero-order valence-electron chi connectivity index (χ0n) is 28.7. The number of ether oxygens (including phenoxy) is 4. The molecule has 0 aliphatic carbocycles. The number of phenolic OH excluding ortho intramolecular Hbond substituents is 1. The number of aromatic hydroxyl groups is 1. The van der Waals surface area contributed by atoms with Crippen molar-refractivity contribution in [2.24, 2.45) is 0 Å². The van der Waals surface area contributed by atoms with E-state index in [2.05, 4.69) is 0 Å². The Hall–Kier alpha value is -3.73. The molecule has 0 amide bonds. The number of rotatable bonds is 8. The zero-order chi connectivity index (χ0) is 41.1. The monoisotopic (exact) mass is 932 g/mol. The Morgan fingerprint density at radius 3 is 1.16 bits per heavy atom. The molecule has 290 valence electrons. The number of hydrogen-bond donors (Lipinski definition) is 1. The third-order valence-electron chi connectivity index (χ3n) is 6.74. The fraction of sp³-hybridized carbons (Fsp3) is 0.0500. The maximum atomic E-state index is 11.6. The van der Waals surface area contributed by atoms with Crippen LogP contribution in [0, 0.1) is 0 Å². The Bertz CT molecular complexity index is 2320. The van der Waals surface area contributed by atoms with Crippen LogP contribution in [0.5, 0.6) is 46.0 Å². The van der Waals surface area contributed by atoms with Gasteiger partial charge in [-0.25, -0.2) is 0 Å². The van der Waals surface area contributed by atoms with E-state index in [9.17, 15) is 14.7 Å². The number of phenols is 1. The van der Waals surface area contributed by atoms with Crippen LogP contribution >= 0.6 is 104 Å². The minimum Gasteiger partial charge on any atom is -0.504 e. The number of ketones is 1. The van der Waals surface area contributed by atoms with Crippen LogP contribution in [0.25, 0.3) is 0 Å². The lowest BCUT2D eigenvalue weighted by atomic mass is 10.1. The van der Waals surface area contributed by atoms with E-state index in [1.807, 2.05) is 0 Å². The Balaban J connectivity index is 0.000000187. The Morgan fingerprint density at radius 1 is 0.411 bits per heavy atom. The van der Waals surface area contributed by atoms with Crippen molar-refractivity contribution in [1.29, 1.82) is 0 Å². The van der Waals surface area contributed by atoms with Crippen molar-refractivity contribution in [3.8, 4) is 46.0 Å². The van der Waals surface area contributed by atoms with Gasteiger partial charge in [-0.05, 0) is 104 Å². The SMILES string of the molecule is CC(=O)Oc1cc(Cl)ccc1Oc1ccc(Cl)cc1Cl.CC(=O)c1cc(Cl)ccc1Oc1ccc(Cl)cc1Cl.Oc1cc(Cl)ccc1Oc1ccc(Cl)cc1Cl. The maximum Gasteiger partial charge on any atom is 0.308 e. The lowest BCUT2D eigenvalue weighted by molar-refractivity contribution is -0.132. The Morgan fingerprint density at radius 2 is 0.750 bits per heavy atom. The molecule has 0 saturated carbocycles. The van der Waals surface area contributed by atoms with Crippen molar-refractivity contribution in [2.45, 2.75) is 13.8 Å². The van der Waals surface area contributed by atoms with E-state index >= 15 is 0 Å². The van der Waals surface area contributed by atoms with Crippen LogP contribution in [0.2, 0.25) is 45.2 Å². The third-order valence-corrected chi connectivity index (χ3v) is 9.04. The molecule has 56 heavy (non-hydrogen) atoms. The average Bonchev–Trinajstić information content (AvgIpc) is 3.11. The maximum absolute atomic E-state index is 11.6. The minimum absolute atomic E-state index is 0.0523. The first-order valence-corrected chi connectivity index (χ1v) is 19.0. The van der Waals surface area contributed by atoms with Crippen molar-refractivity contribution in [3.05, 3.63) is 160 Å². The molecule has 0 saturated heterocycles. The van der Waals surface area contributed by atoms with Gasteiger partial charge in [0.1, 0.15) is 23.0 Å². The van der Waals surface area contributed by atoms with Gasteiger partial charge in [0.05, 0.1) is 20.6 Å². The highest BCUT2D eigenvalue weighted by molar-refractivity contribution is 6.37. The van der Waals surface area contributed by atoms with Crippen molar-refractivity contribution < 1.29 is 33.6 Å². The van der Waals surface area contributed by atoms with E-state index in [4.69, 9.17) is 123 Å². The molecule has 0 aliphatic rings. The van der Waals surface area contributed by atoms with E-state index in [1.165, 1.54) is 26.0 Å². The van der Waals surface area contributed by atoms with Crippen LogP contribution < -0.4 is 18.9 Å². The van der Waals surface area contributed by atoms with Gasteiger partial charge >= 0.3 is 5.97 Å². The van der Waals surface area contributed by atoms with E-state index < -0.39 is 5.97 Å². The van der Waals surface area contributed by atoms with Gasteiger partial charge in [-0.3, -0.25) is 9.59 Å². The molecule has 1 N–H and O–H groups in total. The lowest BCUT2D eigenvalue weighted by Gasteiger charge is -2.12. The number of halogens is 9. The van der Waals surface area contributed by atoms with E-state index in [0.717, 1.165) is 0 Å². The summed E-state index contributed by atoms with van der Waals surface area (Å²) >= 11 is 52.8. The lowest BCUT2D eigenvalue weighted by Crippen LogP contribution is -2.02. The van der Waals surface area contributed by atoms with Crippen LogP contribution in [0.3, 0.4) is 0 Å². The molecule has 0 unspecified atom stereocenters. The van der Waals surface area contributed by atoms with Gasteiger partial charge in [-0.1, -0.05) is 104 Å². The van der Waals surface area contributed by atoms with Crippen LogP contribution in [-0.4, -0.2) is 16.9 Å². The average molecular weight is 937 g/mol. The Labute approximate surface area is 366 Å². The minimum atomic E-state index is -0.473. The number of carbonyl (C=O) groups excluding carboxylic acids is 2. The van der Waals surface area contributed by atoms with Crippen molar-refractivity contribution in [3.63, 3.8) is 0 Å². The molecule has 6 rings (SSSR count). The smallest absolute Gasteiger partial charge is 0.308 e. The second kappa shape index (κ2) is 21.1. The summed E-state index contributed by atoms with van der Waals surface area (Å²) in [6, 6.07) is 28.6. The fourth-order valence-electron chi connectivity index (χ4n) is 4.27. The predicted octanol–water partition coefficient (Wildman–Crippen LogP) is 16.2. The normalized spacial score (nSPS) is 10.3. The van der Waals surface area contributed by atoms with Crippen molar-refractivity contribution in [2.75, 3.05) is 0 Å². The molecule has 0 spiro atoms. The molecule has 0 bridgehead atoms. The molecular formula is C40H25Cl9O7. The summed E-state index contributed by atoms with van der Waals surface area (Å²) in [5.74, 6) is 1.80. The molecule has 7 nitrogen and oxygen atoms in total. The molecule has 0 aromatic heterocycles. The molecule has 0 fully saturated rings. The third kappa shape index (κ3) is 13.7. The zero-order valence-corrected chi connectivity index (χ0v) is 35.5. The summed E-state index contributed by atoms with van der Waals surface area (Å²) in [6.07, 6.45) is 0. The topological polar surface area (TPSA) is 91.3 Å². The standard InChI is InChI=1S/C14H9Cl3O3.C14H9Cl3O2.C12H7Cl3O2/c1-8(18)19-14-7-10(16)3-5-13(14)20-12-4-2-9(15)6-11(12)17;1-8(18)11-6-9(15)2-4-13(11)19-14-5-3-10(16)7-12(14)17;13-7-1-3-11(9(15)5-7)17-12-4-2-8(14)6-10(12)16/h2-7H,1H3;2-7H,1H3;1-6,16H. The highest BCUT2D eigenvalue weighted by atomic mass is 35.5. The summed E-state index contributed by atoms with van der Waals surface area (Å²) in [4.78, 5) is 22.6.